The molecule has 0 aliphatic heterocycles. The summed E-state index contributed by atoms with van der Waals surface area (Å²) < 4.78 is 16.8. The monoisotopic (exact) mass is 385 g/mol. The van der Waals surface area contributed by atoms with Crippen molar-refractivity contribution in [1.29, 1.82) is 0 Å². The molecular weight excluding hydrogens is 362 g/mol. The average Bonchev–Trinajstić information content (AvgIpc) is 2.55. The largest absolute Gasteiger partial charge is 0.491 e. The number of rotatable bonds is 11. The van der Waals surface area contributed by atoms with Crippen LogP contribution in [0.3, 0.4) is 0 Å². The van der Waals surface area contributed by atoms with E-state index in [1.807, 2.05) is 25.1 Å². The molecule has 0 aliphatic rings. The third-order valence-corrected chi connectivity index (χ3v) is 3.39. The Hall–Kier alpha value is -1.37. The molecule has 0 radical (unpaired) electrons. The molecule has 0 saturated carbocycles. The number of carbonyl (C=O) groups excluding carboxylic acids is 1. The zero-order valence-corrected chi connectivity index (χ0v) is 15.2. The standard InChI is InChI=1S/C17H24BrNO4/c1-3-22-11-12-23-16-7-6-15(18)13-14(16)5-8-17(20)19-9-4-10-21-2/h5-8,13H,3-4,9-12H2,1-2H3,(H,19,20)/b8-5+. The third-order valence-electron chi connectivity index (χ3n) is 2.90. The van der Waals surface area contributed by atoms with Crippen molar-refractivity contribution in [3.63, 3.8) is 0 Å². The Morgan fingerprint density at radius 2 is 2.13 bits per heavy atom. The molecule has 1 aromatic carbocycles. The highest BCUT2D eigenvalue weighted by Crippen LogP contribution is 2.24. The molecule has 128 valence electrons. The molecule has 1 rings (SSSR count). The molecule has 23 heavy (non-hydrogen) atoms. The smallest absolute Gasteiger partial charge is 0.244 e. The molecule has 0 fully saturated rings. The Labute approximate surface area is 146 Å². The Morgan fingerprint density at radius 1 is 1.30 bits per heavy atom. The van der Waals surface area contributed by atoms with Gasteiger partial charge in [-0.3, -0.25) is 4.79 Å². The lowest BCUT2D eigenvalue weighted by Crippen LogP contribution is -2.22. The van der Waals surface area contributed by atoms with E-state index in [1.54, 1.807) is 13.2 Å². The van der Waals surface area contributed by atoms with Gasteiger partial charge < -0.3 is 19.5 Å². The van der Waals surface area contributed by atoms with E-state index in [0.717, 1.165) is 22.2 Å². The number of hydrogen-bond acceptors (Lipinski definition) is 4. The normalized spacial score (nSPS) is 10.9. The molecule has 0 atom stereocenters. The van der Waals surface area contributed by atoms with Gasteiger partial charge >= 0.3 is 0 Å². The maximum absolute atomic E-state index is 11.8. The highest BCUT2D eigenvalue weighted by Gasteiger charge is 2.03. The van der Waals surface area contributed by atoms with Crippen molar-refractivity contribution in [3.8, 4) is 5.75 Å². The second-order valence-electron chi connectivity index (χ2n) is 4.70. The van der Waals surface area contributed by atoms with Crippen LogP contribution in [0.25, 0.3) is 6.08 Å². The predicted molar refractivity (Wildman–Crippen MR) is 94.7 cm³/mol. The van der Waals surface area contributed by atoms with Crippen LogP contribution in [-0.4, -0.2) is 46.0 Å². The van der Waals surface area contributed by atoms with E-state index in [4.69, 9.17) is 14.2 Å². The van der Waals surface area contributed by atoms with Gasteiger partial charge in [-0.05, 0) is 37.6 Å². The molecule has 0 saturated heterocycles. The fourth-order valence-corrected chi connectivity index (χ4v) is 2.17. The van der Waals surface area contributed by atoms with Gasteiger partial charge in [0.25, 0.3) is 0 Å². The maximum atomic E-state index is 11.8. The van der Waals surface area contributed by atoms with Gasteiger partial charge in [-0.25, -0.2) is 0 Å². The SMILES string of the molecule is CCOCCOc1ccc(Br)cc1/C=C/C(=O)NCCCOC. The zero-order valence-electron chi connectivity index (χ0n) is 13.6. The molecule has 6 heteroatoms. The molecule has 0 bridgehead atoms. The summed E-state index contributed by atoms with van der Waals surface area (Å²) in [5.74, 6) is 0.581. The molecular formula is C17H24BrNO4. The second-order valence-corrected chi connectivity index (χ2v) is 5.61. The number of nitrogens with one attached hydrogen (secondary N) is 1. The van der Waals surface area contributed by atoms with Crippen LogP contribution >= 0.6 is 15.9 Å². The molecule has 1 N–H and O–H groups in total. The van der Waals surface area contributed by atoms with E-state index in [1.165, 1.54) is 6.08 Å². The van der Waals surface area contributed by atoms with Crippen LogP contribution in [0, 0.1) is 0 Å². The lowest BCUT2D eigenvalue weighted by molar-refractivity contribution is -0.116. The number of methoxy groups -OCH3 is 1. The minimum absolute atomic E-state index is 0.138. The van der Waals surface area contributed by atoms with Gasteiger partial charge in [-0.2, -0.15) is 0 Å². The van der Waals surface area contributed by atoms with E-state index in [-0.39, 0.29) is 5.91 Å². The summed E-state index contributed by atoms with van der Waals surface area (Å²) in [5, 5.41) is 2.80. The van der Waals surface area contributed by atoms with Gasteiger partial charge in [-0.15, -0.1) is 0 Å². The van der Waals surface area contributed by atoms with Crippen molar-refractivity contribution in [2.45, 2.75) is 13.3 Å². The topological polar surface area (TPSA) is 56.8 Å². The number of ether oxygens (including phenoxy) is 3. The van der Waals surface area contributed by atoms with Crippen molar-refractivity contribution in [3.05, 3.63) is 34.3 Å². The second kappa shape index (κ2) is 12.1. The molecule has 0 aromatic heterocycles. The molecule has 1 amide bonds. The molecule has 0 aliphatic carbocycles. The van der Waals surface area contributed by atoms with Crippen molar-refractivity contribution >= 4 is 27.9 Å². The van der Waals surface area contributed by atoms with Crippen LogP contribution in [0.15, 0.2) is 28.7 Å². The summed E-state index contributed by atoms with van der Waals surface area (Å²) in [7, 11) is 1.64. The number of amides is 1. The number of halogens is 1. The van der Waals surface area contributed by atoms with Gasteiger partial charge in [0.1, 0.15) is 12.4 Å². The van der Waals surface area contributed by atoms with E-state index in [2.05, 4.69) is 21.2 Å². The van der Waals surface area contributed by atoms with Gasteiger partial charge in [0.2, 0.25) is 5.91 Å². The Balaban J connectivity index is 2.57. The van der Waals surface area contributed by atoms with Gasteiger partial charge in [0, 0.05) is 43.0 Å². The van der Waals surface area contributed by atoms with Gasteiger partial charge in [0.05, 0.1) is 6.61 Å². The van der Waals surface area contributed by atoms with Crippen molar-refractivity contribution in [2.75, 3.05) is 40.1 Å². The summed E-state index contributed by atoms with van der Waals surface area (Å²) in [5.41, 5.74) is 0.836. The van der Waals surface area contributed by atoms with E-state index >= 15 is 0 Å². The summed E-state index contributed by atoms with van der Waals surface area (Å²) in [6.45, 7) is 4.84. The first-order valence-corrected chi connectivity index (χ1v) is 8.41. The highest BCUT2D eigenvalue weighted by molar-refractivity contribution is 9.10. The molecule has 5 nitrogen and oxygen atoms in total. The first kappa shape index (κ1) is 19.7. The zero-order chi connectivity index (χ0) is 16.9. The Bertz CT molecular complexity index is 505. The molecule has 0 heterocycles. The molecule has 0 unspecified atom stereocenters. The summed E-state index contributed by atoms with van der Waals surface area (Å²) in [4.78, 5) is 11.8. The molecule has 1 aromatic rings. The van der Waals surface area contributed by atoms with Gasteiger partial charge in [0.15, 0.2) is 0 Å². The fourth-order valence-electron chi connectivity index (χ4n) is 1.79. The van der Waals surface area contributed by atoms with E-state index < -0.39 is 0 Å². The van der Waals surface area contributed by atoms with Crippen LogP contribution in [0.5, 0.6) is 5.75 Å². The lowest BCUT2D eigenvalue weighted by atomic mass is 10.2. The van der Waals surface area contributed by atoms with Crippen molar-refractivity contribution < 1.29 is 19.0 Å². The Morgan fingerprint density at radius 3 is 2.87 bits per heavy atom. The van der Waals surface area contributed by atoms with Crippen LogP contribution in [0.1, 0.15) is 18.9 Å². The van der Waals surface area contributed by atoms with Crippen LogP contribution < -0.4 is 10.1 Å². The average molecular weight is 386 g/mol. The summed E-state index contributed by atoms with van der Waals surface area (Å²) in [6.07, 6.45) is 4.04. The van der Waals surface area contributed by atoms with Crippen LogP contribution in [0.4, 0.5) is 0 Å². The van der Waals surface area contributed by atoms with E-state index in [0.29, 0.717) is 33.0 Å². The maximum Gasteiger partial charge on any atom is 0.244 e. The van der Waals surface area contributed by atoms with Crippen LogP contribution in [-0.2, 0) is 14.3 Å². The lowest BCUT2D eigenvalue weighted by Gasteiger charge is -2.10. The minimum atomic E-state index is -0.138. The molecule has 0 spiro atoms. The fraction of sp³-hybridized carbons (Fsp3) is 0.471. The van der Waals surface area contributed by atoms with Crippen molar-refractivity contribution in [1.82, 2.24) is 5.32 Å². The first-order chi connectivity index (χ1) is 11.2. The van der Waals surface area contributed by atoms with Crippen LogP contribution in [0.2, 0.25) is 0 Å². The third kappa shape index (κ3) is 8.74. The minimum Gasteiger partial charge on any atom is -0.491 e. The summed E-state index contributed by atoms with van der Waals surface area (Å²) in [6, 6.07) is 5.68. The van der Waals surface area contributed by atoms with Gasteiger partial charge in [-0.1, -0.05) is 15.9 Å². The Kier molecular flexibility index (Phi) is 10.4. The van der Waals surface area contributed by atoms with Crippen molar-refractivity contribution in [2.24, 2.45) is 0 Å². The summed E-state index contributed by atoms with van der Waals surface area (Å²) >= 11 is 3.43. The quantitative estimate of drug-likeness (QED) is 0.469. The first-order valence-electron chi connectivity index (χ1n) is 7.62. The number of benzene rings is 1. The van der Waals surface area contributed by atoms with E-state index in [9.17, 15) is 4.79 Å². The number of hydrogen-bond donors (Lipinski definition) is 1. The predicted octanol–water partition coefficient (Wildman–Crippen LogP) is 3.03. The number of carbonyl (C=O) groups is 1. The highest BCUT2D eigenvalue weighted by atomic mass is 79.9.